The summed E-state index contributed by atoms with van der Waals surface area (Å²) < 4.78 is 50.1. The second-order valence-corrected chi connectivity index (χ2v) is 6.61. The molecule has 8 heteroatoms. The number of hydrogen-bond acceptors (Lipinski definition) is 3. The number of ether oxygens (including phenoxy) is 2. The number of hydrogen-bond donors (Lipinski definition) is 1. The Morgan fingerprint density at radius 1 is 1.44 bits per heavy atom. The van der Waals surface area contributed by atoms with Crippen LogP contribution in [0.3, 0.4) is 0 Å². The summed E-state index contributed by atoms with van der Waals surface area (Å²) in [6.07, 6.45) is -5.70. The smallest absolute Gasteiger partial charge is 0.430 e. The third-order valence-electron chi connectivity index (χ3n) is 3.76. The van der Waals surface area contributed by atoms with Crippen LogP contribution >= 0.6 is 11.6 Å². The maximum Gasteiger partial charge on any atom is 0.430 e. The summed E-state index contributed by atoms with van der Waals surface area (Å²) in [4.78, 5) is 11.2. The Morgan fingerprint density at radius 3 is 2.60 bits per heavy atom. The van der Waals surface area contributed by atoms with Crippen LogP contribution in [0.4, 0.5) is 13.2 Å². The van der Waals surface area contributed by atoms with Crippen LogP contribution < -0.4 is 9.47 Å². The van der Waals surface area contributed by atoms with E-state index in [-0.39, 0.29) is 22.1 Å². The van der Waals surface area contributed by atoms with Crippen molar-refractivity contribution in [3.63, 3.8) is 0 Å². The van der Waals surface area contributed by atoms with E-state index in [9.17, 15) is 18.0 Å². The minimum atomic E-state index is -4.85. The number of halogens is 4. The van der Waals surface area contributed by atoms with Gasteiger partial charge in [0, 0.05) is 11.1 Å². The molecule has 138 valence electrons. The summed E-state index contributed by atoms with van der Waals surface area (Å²) in [5, 5.41) is 9.24. The van der Waals surface area contributed by atoms with Crippen molar-refractivity contribution in [2.75, 3.05) is 6.61 Å². The van der Waals surface area contributed by atoms with Gasteiger partial charge in [-0.1, -0.05) is 25.4 Å². The summed E-state index contributed by atoms with van der Waals surface area (Å²) in [7, 11) is 0. The number of fused-ring (bicyclic) bond motifs is 1. The molecule has 1 atom stereocenters. The number of benzene rings is 1. The number of rotatable bonds is 5. The zero-order valence-corrected chi connectivity index (χ0v) is 14.7. The van der Waals surface area contributed by atoms with Crippen molar-refractivity contribution < 1.29 is 32.5 Å². The van der Waals surface area contributed by atoms with Gasteiger partial charge in [-0.2, -0.15) is 13.2 Å². The van der Waals surface area contributed by atoms with Crippen molar-refractivity contribution in [1.29, 1.82) is 0 Å². The Morgan fingerprint density at radius 2 is 2.08 bits per heavy atom. The highest BCUT2D eigenvalue weighted by Gasteiger charge is 2.48. The Bertz CT molecular complexity index is 711. The summed E-state index contributed by atoms with van der Waals surface area (Å²) in [5.41, 5.74) is -0.401. The summed E-state index contributed by atoms with van der Waals surface area (Å²) in [6, 6.07) is 1.35. The maximum atomic E-state index is 13.2. The summed E-state index contributed by atoms with van der Waals surface area (Å²) in [6.45, 7) is 5.91. The highest BCUT2D eigenvalue weighted by molar-refractivity contribution is 6.32. The standard InChI is InChI=1S/C17H18ClF3O4/c1-8(2)4-5-24-14-9(3)13-10(7-12(14)18)6-11(16(22)23)15(25-13)17(19,20)21/h6-8,15H,4-5H2,1-3H3,(H,22,23). The first-order chi connectivity index (χ1) is 11.5. The molecule has 0 saturated heterocycles. The van der Waals surface area contributed by atoms with Gasteiger partial charge in [-0.05, 0) is 31.4 Å². The van der Waals surface area contributed by atoms with Gasteiger partial charge in [-0.15, -0.1) is 0 Å². The van der Waals surface area contributed by atoms with Crippen LogP contribution in [0.2, 0.25) is 5.02 Å². The van der Waals surface area contributed by atoms with Crippen LogP contribution in [0.1, 0.15) is 31.4 Å². The van der Waals surface area contributed by atoms with E-state index >= 15 is 0 Å². The molecule has 25 heavy (non-hydrogen) atoms. The number of carboxylic acid groups (broad SMARTS) is 1. The van der Waals surface area contributed by atoms with E-state index in [4.69, 9.17) is 26.2 Å². The third-order valence-corrected chi connectivity index (χ3v) is 4.04. The van der Waals surface area contributed by atoms with Crippen LogP contribution in [0.5, 0.6) is 11.5 Å². The largest absolute Gasteiger partial charge is 0.492 e. The van der Waals surface area contributed by atoms with Gasteiger partial charge >= 0.3 is 12.1 Å². The van der Waals surface area contributed by atoms with Gasteiger partial charge in [-0.3, -0.25) is 0 Å². The first-order valence-electron chi connectivity index (χ1n) is 7.66. The lowest BCUT2D eigenvalue weighted by atomic mass is 9.98. The van der Waals surface area contributed by atoms with Gasteiger partial charge in [0.05, 0.1) is 17.2 Å². The number of carbonyl (C=O) groups is 1. The molecule has 1 heterocycles. The fourth-order valence-electron chi connectivity index (χ4n) is 2.45. The molecule has 2 rings (SSSR count). The van der Waals surface area contributed by atoms with Crippen molar-refractivity contribution in [2.45, 2.75) is 39.5 Å². The van der Waals surface area contributed by atoms with Crippen LogP contribution in [0, 0.1) is 12.8 Å². The van der Waals surface area contributed by atoms with E-state index in [0.29, 0.717) is 18.1 Å². The van der Waals surface area contributed by atoms with Gasteiger partial charge in [0.25, 0.3) is 0 Å². The molecular weight excluding hydrogens is 361 g/mol. The van der Waals surface area contributed by atoms with Gasteiger partial charge < -0.3 is 14.6 Å². The molecular formula is C17H18ClF3O4. The number of aliphatic carboxylic acids is 1. The lowest BCUT2D eigenvalue weighted by Gasteiger charge is -2.29. The molecule has 0 saturated carbocycles. The van der Waals surface area contributed by atoms with Crippen molar-refractivity contribution >= 4 is 23.6 Å². The Kier molecular flexibility index (Phi) is 5.56. The second kappa shape index (κ2) is 7.15. The average Bonchev–Trinajstić information content (AvgIpc) is 2.48. The lowest BCUT2D eigenvalue weighted by Crippen LogP contribution is -2.40. The zero-order valence-electron chi connectivity index (χ0n) is 13.9. The molecule has 0 radical (unpaired) electrons. The normalized spacial score (nSPS) is 17.0. The Hall–Kier alpha value is -1.89. The van der Waals surface area contributed by atoms with Crippen LogP contribution in [0.15, 0.2) is 11.6 Å². The minimum Gasteiger partial charge on any atom is -0.492 e. The molecule has 0 bridgehead atoms. The van der Waals surface area contributed by atoms with E-state index in [0.717, 1.165) is 12.5 Å². The maximum absolute atomic E-state index is 13.2. The molecule has 4 nitrogen and oxygen atoms in total. The molecule has 1 N–H and O–H groups in total. The Balaban J connectivity index is 2.45. The van der Waals surface area contributed by atoms with E-state index in [1.54, 1.807) is 0 Å². The molecule has 0 aromatic heterocycles. The minimum absolute atomic E-state index is 0.0729. The molecule has 0 fully saturated rings. The van der Waals surface area contributed by atoms with Gasteiger partial charge in [-0.25, -0.2) is 4.79 Å². The van der Waals surface area contributed by atoms with Gasteiger partial charge in [0.2, 0.25) is 6.10 Å². The molecule has 0 amide bonds. The van der Waals surface area contributed by atoms with Crippen LogP contribution in [-0.2, 0) is 4.79 Å². The van der Waals surface area contributed by atoms with Crippen LogP contribution in [-0.4, -0.2) is 30.0 Å². The quantitative estimate of drug-likeness (QED) is 0.794. The van der Waals surface area contributed by atoms with Gasteiger partial charge in [0.15, 0.2) is 0 Å². The first-order valence-corrected chi connectivity index (χ1v) is 8.04. The van der Waals surface area contributed by atoms with E-state index in [1.165, 1.54) is 13.0 Å². The van der Waals surface area contributed by atoms with E-state index in [2.05, 4.69) is 0 Å². The van der Waals surface area contributed by atoms with E-state index < -0.39 is 23.8 Å². The van der Waals surface area contributed by atoms with Crippen molar-refractivity contribution in [3.8, 4) is 11.5 Å². The van der Waals surface area contributed by atoms with Crippen molar-refractivity contribution in [1.82, 2.24) is 0 Å². The second-order valence-electron chi connectivity index (χ2n) is 6.21. The van der Waals surface area contributed by atoms with E-state index in [1.807, 2.05) is 13.8 Å². The topological polar surface area (TPSA) is 55.8 Å². The molecule has 1 aliphatic rings. The molecule has 1 unspecified atom stereocenters. The SMILES string of the molecule is Cc1c(OCCC(C)C)c(Cl)cc2c1OC(C(F)(F)F)C(C(=O)O)=C2. The Labute approximate surface area is 148 Å². The number of alkyl halides is 3. The fourth-order valence-corrected chi connectivity index (χ4v) is 2.76. The van der Waals surface area contributed by atoms with Gasteiger partial charge in [0.1, 0.15) is 11.5 Å². The number of carboxylic acids is 1. The average molecular weight is 379 g/mol. The molecule has 0 aliphatic carbocycles. The molecule has 1 aromatic carbocycles. The van der Waals surface area contributed by atoms with Crippen molar-refractivity contribution in [3.05, 3.63) is 27.8 Å². The predicted molar refractivity (Wildman–Crippen MR) is 87.2 cm³/mol. The monoisotopic (exact) mass is 378 g/mol. The lowest BCUT2D eigenvalue weighted by molar-refractivity contribution is -0.187. The first kappa shape index (κ1) is 19.4. The van der Waals surface area contributed by atoms with Crippen molar-refractivity contribution in [2.24, 2.45) is 5.92 Å². The molecule has 1 aromatic rings. The summed E-state index contributed by atoms with van der Waals surface area (Å²) >= 11 is 6.16. The highest BCUT2D eigenvalue weighted by atomic mass is 35.5. The van der Waals surface area contributed by atoms with Crippen LogP contribution in [0.25, 0.3) is 6.08 Å². The fraction of sp³-hybridized carbons (Fsp3) is 0.471. The third kappa shape index (κ3) is 4.21. The molecule has 1 aliphatic heterocycles. The highest BCUT2D eigenvalue weighted by Crippen LogP contribution is 2.44. The molecule has 0 spiro atoms. The zero-order chi connectivity index (χ0) is 18.9. The summed E-state index contributed by atoms with van der Waals surface area (Å²) in [5.74, 6) is -1.13. The predicted octanol–water partition coefficient (Wildman–Crippen LogP) is 4.86.